The lowest BCUT2D eigenvalue weighted by atomic mass is 10.2. The number of sulfonamides is 1. The van der Waals surface area contributed by atoms with Gasteiger partial charge in [-0.05, 0) is 93.9 Å². The number of aryl methyl sites for hydroxylation is 3. The van der Waals surface area contributed by atoms with E-state index in [0.717, 1.165) is 32.5 Å². The molecule has 0 spiro atoms. The van der Waals surface area contributed by atoms with Crippen LogP contribution in [0.15, 0.2) is 82.8 Å². The molecule has 0 aliphatic rings. The van der Waals surface area contributed by atoms with E-state index in [1.165, 1.54) is 12.1 Å². The Morgan fingerprint density at radius 2 is 1.56 bits per heavy atom. The number of halogens is 2. The molecule has 4 rings (SSSR count). The minimum absolute atomic E-state index is 0.0772. The van der Waals surface area contributed by atoms with Crippen LogP contribution in [-0.2, 0) is 14.8 Å². The minimum atomic E-state index is -4.06. The Morgan fingerprint density at radius 3 is 2.21 bits per heavy atom. The molecule has 0 fully saturated rings. The number of nitrogens with one attached hydrogen (secondary N) is 1. The van der Waals surface area contributed by atoms with E-state index in [0.29, 0.717) is 21.3 Å². The zero-order valence-electron chi connectivity index (χ0n) is 21.9. The normalized spacial score (nSPS) is 11.6. The number of carbonyl (C=O) groups is 1. The standard InChI is InChI=1S/C29H28Cl2N4O3S/c1-19-5-12-27(13-6-19)39(37,38)34(28-14-9-25(31)15-20(28)2)18-29(36)33-32-17-23-16-21(3)35(22(23)4)26-10-7-24(30)8-11-26/h5-17H,18H2,1-4H3,(H,33,36)/b32-17+. The third-order valence-electron chi connectivity index (χ3n) is 6.27. The molecule has 0 aliphatic heterocycles. The number of aromatic nitrogens is 1. The summed E-state index contributed by atoms with van der Waals surface area (Å²) in [6.45, 7) is 7.06. The zero-order valence-corrected chi connectivity index (χ0v) is 24.3. The summed E-state index contributed by atoms with van der Waals surface area (Å²) in [7, 11) is -4.06. The summed E-state index contributed by atoms with van der Waals surface area (Å²) >= 11 is 12.1. The first-order chi connectivity index (χ1) is 18.5. The second-order valence-electron chi connectivity index (χ2n) is 9.19. The van der Waals surface area contributed by atoms with Crippen molar-refractivity contribution in [3.05, 3.63) is 111 Å². The molecule has 10 heteroatoms. The number of anilines is 1. The van der Waals surface area contributed by atoms with Crippen molar-refractivity contribution in [2.75, 3.05) is 10.8 Å². The molecule has 1 heterocycles. The van der Waals surface area contributed by atoms with Crippen LogP contribution >= 0.6 is 23.2 Å². The van der Waals surface area contributed by atoms with Gasteiger partial charge in [-0.3, -0.25) is 9.10 Å². The van der Waals surface area contributed by atoms with Gasteiger partial charge in [-0.15, -0.1) is 0 Å². The quantitative estimate of drug-likeness (QED) is 0.194. The number of hydrogen-bond acceptors (Lipinski definition) is 4. The second kappa shape index (κ2) is 11.7. The molecule has 0 unspecified atom stereocenters. The number of amides is 1. The SMILES string of the molecule is Cc1ccc(S(=O)(=O)N(CC(=O)N/N=C/c2cc(C)n(-c3ccc(Cl)cc3)c2C)c2ccc(Cl)cc2C)cc1. The van der Waals surface area contributed by atoms with Gasteiger partial charge in [-0.25, -0.2) is 13.8 Å². The summed E-state index contributed by atoms with van der Waals surface area (Å²) in [5.41, 5.74) is 8.02. The second-order valence-corrected chi connectivity index (χ2v) is 11.9. The Bertz CT molecular complexity index is 1650. The Morgan fingerprint density at radius 1 is 0.923 bits per heavy atom. The predicted octanol–water partition coefficient (Wildman–Crippen LogP) is 6.36. The average molecular weight is 584 g/mol. The Labute approximate surface area is 238 Å². The van der Waals surface area contributed by atoms with Gasteiger partial charge in [0, 0.05) is 32.7 Å². The van der Waals surface area contributed by atoms with Gasteiger partial charge in [0.05, 0.1) is 16.8 Å². The van der Waals surface area contributed by atoms with Crippen molar-refractivity contribution in [2.24, 2.45) is 5.10 Å². The molecule has 0 saturated carbocycles. The number of benzene rings is 3. The van der Waals surface area contributed by atoms with E-state index in [2.05, 4.69) is 15.1 Å². The highest BCUT2D eigenvalue weighted by Gasteiger charge is 2.28. The molecule has 0 bridgehead atoms. The highest BCUT2D eigenvalue weighted by atomic mass is 35.5. The van der Waals surface area contributed by atoms with Crippen molar-refractivity contribution < 1.29 is 13.2 Å². The van der Waals surface area contributed by atoms with Crippen LogP contribution in [0.25, 0.3) is 5.69 Å². The Hall–Kier alpha value is -3.59. The zero-order chi connectivity index (χ0) is 28.3. The molecule has 1 N–H and O–H groups in total. The van der Waals surface area contributed by atoms with Gasteiger partial charge in [0.2, 0.25) is 0 Å². The lowest BCUT2D eigenvalue weighted by molar-refractivity contribution is -0.119. The van der Waals surface area contributed by atoms with Gasteiger partial charge < -0.3 is 4.57 Å². The lowest BCUT2D eigenvalue weighted by Crippen LogP contribution is -2.40. The summed E-state index contributed by atoms with van der Waals surface area (Å²) < 4.78 is 30.4. The van der Waals surface area contributed by atoms with E-state index in [-0.39, 0.29) is 4.90 Å². The third kappa shape index (κ3) is 6.36. The van der Waals surface area contributed by atoms with Crippen molar-refractivity contribution in [3.8, 4) is 5.69 Å². The van der Waals surface area contributed by atoms with E-state index in [9.17, 15) is 13.2 Å². The summed E-state index contributed by atoms with van der Waals surface area (Å²) in [4.78, 5) is 13.0. The van der Waals surface area contributed by atoms with Crippen LogP contribution in [0.2, 0.25) is 10.0 Å². The fraction of sp³-hybridized carbons (Fsp3) is 0.172. The number of nitrogens with zero attached hydrogens (tertiary/aromatic N) is 3. The van der Waals surface area contributed by atoms with Crippen molar-refractivity contribution in [2.45, 2.75) is 32.6 Å². The topological polar surface area (TPSA) is 83.8 Å². The van der Waals surface area contributed by atoms with Crippen LogP contribution in [0.1, 0.15) is 28.1 Å². The highest BCUT2D eigenvalue weighted by Crippen LogP contribution is 2.29. The van der Waals surface area contributed by atoms with Crippen LogP contribution in [0.3, 0.4) is 0 Å². The van der Waals surface area contributed by atoms with Crippen molar-refractivity contribution in [3.63, 3.8) is 0 Å². The maximum absolute atomic E-state index is 13.6. The van der Waals surface area contributed by atoms with E-state index in [1.54, 1.807) is 43.5 Å². The van der Waals surface area contributed by atoms with Gasteiger partial charge in [0.25, 0.3) is 15.9 Å². The van der Waals surface area contributed by atoms with Gasteiger partial charge in [0.1, 0.15) is 6.54 Å². The number of hydrogen-bond donors (Lipinski definition) is 1. The first kappa shape index (κ1) is 28.4. The summed E-state index contributed by atoms with van der Waals surface area (Å²) in [6.07, 6.45) is 1.54. The van der Waals surface area contributed by atoms with E-state index in [4.69, 9.17) is 23.2 Å². The molecule has 4 aromatic rings. The van der Waals surface area contributed by atoms with Crippen LogP contribution in [-0.4, -0.2) is 31.7 Å². The first-order valence-corrected chi connectivity index (χ1v) is 14.3. The monoisotopic (exact) mass is 582 g/mol. The number of rotatable bonds is 8. The molecular weight excluding hydrogens is 555 g/mol. The van der Waals surface area contributed by atoms with E-state index < -0.39 is 22.5 Å². The van der Waals surface area contributed by atoms with Gasteiger partial charge in [-0.1, -0.05) is 40.9 Å². The molecule has 1 amide bonds. The predicted molar refractivity (Wildman–Crippen MR) is 158 cm³/mol. The molecule has 3 aromatic carbocycles. The fourth-order valence-electron chi connectivity index (χ4n) is 4.28. The van der Waals surface area contributed by atoms with Gasteiger partial charge >= 0.3 is 0 Å². The molecule has 0 aliphatic carbocycles. The maximum atomic E-state index is 13.6. The molecule has 0 atom stereocenters. The molecule has 0 radical (unpaired) electrons. The number of hydrazone groups is 1. The first-order valence-electron chi connectivity index (χ1n) is 12.1. The number of carbonyl (C=O) groups excluding carboxylic acids is 1. The lowest BCUT2D eigenvalue weighted by Gasteiger charge is -2.25. The Kier molecular flexibility index (Phi) is 8.49. The highest BCUT2D eigenvalue weighted by molar-refractivity contribution is 7.92. The third-order valence-corrected chi connectivity index (χ3v) is 8.53. The summed E-state index contributed by atoms with van der Waals surface area (Å²) in [5, 5.41) is 5.23. The minimum Gasteiger partial charge on any atom is -0.318 e. The molecule has 39 heavy (non-hydrogen) atoms. The van der Waals surface area contributed by atoms with Crippen LogP contribution in [0.4, 0.5) is 5.69 Å². The van der Waals surface area contributed by atoms with Crippen molar-refractivity contribution in [1.82, 2.24) is 9.99 Å². The van der Waals surface area contributed by atoms with Gasteiger partial charge in [-0.2, -0.15) is 5.10 Å². The fourth-order valence-corrected chi connectivity index (χ4v) is 6.12. The molecule has 202 valence electrons. The van der Waals surface area contributed by atoms with Crippen molar-refractivity contribution in [1.29, 1.82) is 0 Å². The van der Waals surface area contributed by atoms with Crippen molar-refractivity contribution >= 4 is 51.0 Å². The van der Waals surface area contributed by atoms with E-state index >= 15 is 0 Å². The maximum Gasteiger partial charge on any atom is 0.264 e. The van der Waals surface area contributed by atoms with E-state index in [1.807, 2.05) is 51.1 Å². The average Bonchev–Trinajstić information content (AvgIpc) is 3.16. The Balaban J connectivity index is 1.57. The van der Waals surface area contributed by atoms with Crippen LogP contribution in [0, 0.1) is 27.7 Å². The molecule has 7 nitrogen and oxygen atoms in total. The summed E-state index contributed by atoms with van der Waals surface area (Å²) in [6, 6.07) is 20.7. The molecular formula is C29H28Cl2N4O3S. The van der Waals surface area contributed by atoms with Crippen LogP contribution < -0.4 is 9.73 Å². The molecule has 1 aromatic heterocycles. The summed E-state index contributed by atoms with van der Waals surface area (Å²) in [5.74, 6) is -0.595. The largest absolute Gasteiger partial charge is 0.318 e. The smallest absolute Gasteiger partial charge is 0.264 e. The molecule has 0 saturated heterocycles. The van der Waals surface area contributed by atoms with Gasteiger partial charge in [0.15, 0.2) is 0 Å². The van der Waals surface area contributed by atoms with Crippen LogP contribution in [0.5, 0.6) is 0 Å².